The van der Waals surface area contributed by atoms with E-state index in [1.807, 2.05) is 18.2 Å². The molecule has 0 bridgehead atoms. The van der Waals surface area contributed by atoms with Gasteiger partial charge in [0, 0.05) is 48.9 Å². The molecule has 2 aliphatic rings. The quantitative estimate of drug-likeness (QED) is 0.194. The molecule has 4 N–H and O–H groups in total. The number of amides is 2. The molecule has 0 radical (unpaired) electrons. The van der Waals surface area contributed by atoms with Gasteiger partial charge in [0.15, 0.2) is 0 Å². The van der Waals surface area contributed by atoms with Crippen LogP contribution in [-0.2, 0) is 32.1 Å². The number of nitrogen functional groups attached to an aromatic ring is 1. The van der Waals surface area contributed by atoms with Crippen LogP contribution in [0.15, 0.2) is 24.3 Å². The molecule has 1 aromatic carbocycles. The van der Waals surface area contributed by atoms with Crippen molar-refractivity contribution < 1.29 is 19.1 Å². The average molecular weight is 567 g/mol. The van der Waals surface area contributed by atoms with Gasteiger partial charge < -0.3 is 25.3 Å². The lowest BCUT2D eigenvalue weighted by Gasteiger charge is -2.32. The smallest absolute Gasteiger partial charge is 0.328 e. The number of nitrogens with zero attached hydrogens (tertiary/aromatic N) is 3. The number of benzene rings is 1. The fraction of sp³-hybridized carbons (Fsp3) is 0.613. The van der Waals surface area contributed by atoms with Gasteiger partial charge in [0.05, 0.1) is 12.6 Å². The van der Waals surface area contributed by atoms with Crippen molar-refractivity contribution in [2.75, 3.05) is 26.2 Å². The summed E-state index contributed by atoms with van der Waals surface area (Å²) >= 11 is 0. The molecule has 224 valence electrons. The number of rotatable bonds is 13. The number of hydrogen-bond acceptors (Lipinski definition) is 6. The molecular formula is C31H46N6O4. The number of aryl methyl sites for hydroxylation is 2. The number of ether oxygens (including phenoxy) is 1. The van der Waals surface area contributed by atoms with Gasteiger partial charge in [-0.15, -0.1) is 0 Å². The average Bonchev–Trinajstić information content (AvgIpc) is 3.71. The summed E-state index contributed by atoms with van der Waals surface area (Å²) < 4.78 is 7.48. The van der Waals surface area contributed by atoms with Crippen LogP contribution in [0.5, 0.6) is 0 Å². The third kappa shape index (κ3) is 7.09. The Morgan fingerprint density at radius 2 is 1.90 bits per heavy atom. The second-order valence-corrected chi connectivity index (χ2v) is 11.1. The number of amidine groups is 1. The van der Waals surface area contributed by atoms with Crippen LogP contribution in [0, 0.1) is 5.41 Å². The lowest BCUT2D eigenvalue weighted by molar-refractivity contribution is -0.147. The maximum absolute atomic E-state index is 13.8. The van der Waals surface area contributed by atoms with Crippen molar-refractivity contribution in [3.8, 4) is 0 Å². The van der Waals surface area contributed by atoms with Gasteiger partial charge in [0.2, 0.25) is 11.8 Å². The van der Waals surface area contributed by atoms with Gasteiger partial charge in [-0.1, -0.05) is 19.1 Å². The highest BCUT2D eigenvalue weighted by Gasteiger charge is 2.38. The Morgan fingerprint density at radius 3 is 2.61 bits per heavy atom. The van der Waals surface area contributed by atoms with Crippen LogP contribution >= 0.6 is 0 Å². The molecule has 41 heavy (non-hydrogen) atoms. The summed E-state index contributed by atoms with van der Waals surface area (Å²) in [6, 6.07) is 7.46. The van der Waals surface area contributed by atoms with E-state index in [2.05, 4.69) is 32.7 Å². The zero-order valence-corrected chi connectivity index (χ0v) is 24.8. The molecule has 2 fully saturated rings. The Labute approximate surface area is 243 Å². The minimum absolute atomic E-state index is 0.0699. The first kappa shape index (κ1) is 30.6. The lowest BCUT2D eigenvalue weighted by Crippen LogP contribution is -2.49. The van der Waals surface area contributed by atoms with Crippen molar-refractivity contribution in [3.63, 3.8) is 0 Å². The summed E-state index contributed by atoms with van der Waals surface area (Å²) in [5.41, 5.74) is 8.79. The molecule has 1 aromatic heterocycles. The topological polar surface area (TPSA) is 134 Å². The van der Waals surface area contributed by atoms with E-state index in [9.17, 15) is 14.4 Å². The third-order valence-corrected chi connectivity index (χ3v) is 8.59. The molecule has 0 saturated carbocycles. The second kappa shape index (κ2) is 14.0. The predicted molar refractivity (Wildman–Crippen MR) is 160 cm³/mol. The van der Waals surface area contributed by atoms with Crippen LogP contribution in [0.25, 0.3) is 10.9 Å². The van der Waals surface area contributed by atoms with Gasteiger partial charge in [-0.25, -0.2) is 4.79 Å². The highest BCUT2D eigenvalue weighted by atomic mass is 16.5. The van der Waals surface area contributed by atoms with Crippen molar-refractivity contribution in [3.05, 3.63) is 35.5 Å². The number of nitrogens with one attached hydrogen (secondary N) is 2. The van der Waals surface area contributed by atoms with Crippen molar-refractivity contribution in [2.45, 2.75) is 96.8 Å². The van der Waals surface area contributed by atoms with Gasteiger partial charge >= 0.3 is 5.97 Å². The number of aromatic nitrogens is 1. The molecule has 2 aliphatic heterocycles. The monoisotopic (exact) mass is 566 g/mol. The fourth-order valence-electron chi connectivity index (χ4n) is 6.45. The van der Waals surface area contributed by atoms with Gasteiger partial charge in [0.1, 0.15) is 11.9 Å². The summed E-state index contributed by atoms with van der Waals surface area (Å²) in [6.07, 6.45) is 6.28. The van der Waals surface area contributed by atoms with E-state index in [1.165, 1.54) is 5.69 Å². The minimum Gasteiger partial charge on any atom is -0.464 e. The molecule has 0 spiro atoms. The first-order valence-corrected chi connectivity index (χ1v) is 15.2. The molecule has 3 atom stereocenters. The third-order valence-electron chi connectivity index (χ3n) is 8.59. The molecule has 0 aliphatic carbocycles. The number of likely N-dealkylation sites (tertiary alicyclic amines) is 2. The van der Waals surface area contributed by atoms with Crippen molar-refractivity contribution in [2.24, 2.45) is 5.73 Å². The minimum atomic E-state index is -0.699. The largest absolute Gasteiger partial charge is 0.464 e. The Kier molecular flexibility index (Phi) is 10.4. The fourth-order valence-corrected chi connectivity index (χ4v) is 6.45. The number of nitrogens with two attached hydrogens (primary N) is 1. The first-order chi connectivity index (χ1) is 19.8. The Bertz CT molecular complexity index is 1260. The summed E-state index contributed by atoms with van der Waals surface area (Å²) in [5.74, 6) is -0.339. The van der Waals surface area contributed by atoms with Crippen LogP contribution < -0.4 is 11.1 Å². The SMILES string of the molecule is CCOC(=O)[C@H](CCN1CCC[C@@H]1C(=O)N1CCC[C@H]1CCc1cc2ccc(C(=N)N)cc2n1CC)NC(=O)CC. The lowest BCUT2D eigenvalue weighted by atomic mass is 10.1. The van der Waals surface area contributed by atoms with E-state index in [4.69, 9.17) is 15.9 Å². The zero-order chi connectivity index (χ0) is 29.5. The Hall–Kier alpha value is -3.40. The number of carbonyl (C=O) groups is 3. The Morgan fingerprint density at radius 1 is 1.12 bits per heavy atom. The van der Waals surface area contributed by atoms with E-state index < -0.39 is 12.0 Å². The standard InChI is InChI=1S/C31H46N6O4/c1-4-28(38)34-25(31(40)41-6-3)15-18-35-16-8-10-26(35)30(39)37-17-7-9-23(37)13-14-24-19-21-11-12-22(29(32)33)20-27(21)36(24)5-2/h11-12,19-20,23,25-26H,4-10,13-18H2,1-3H3,(H3,32,33)(H,34,38)/t23-,25-,26+/m0/s1. The van der Waals surface area contributed by atoms with Crippen LogP contribution in [0.3, 0.4) is 0 Å². The van der Waals surface area contributed by atoms with Crippen LogP contribution in [0.4, 0.5) is 0 Å². The van der Waals surface area contributed by atoms with Gasteiger partial charge in [-0.3, -0.25) is 19.9 Å². The van der Waals surface area contributed by atoms with Crippen LogP contribution in [0.1, 0.15) is 77.0 Å². The number of esters is 1. The van der Waals surface area contributed by atoms with Crippen molar-refractivity contribution in [1.29, 1.82) is 5.41 Å². The van der Waals surface area contributed by atoms with E-state index in [0.717, 1.165) is 74.6 Å². The van der Waals surface area contributed by atoms with E-state index >= 15 is 0 Å². The summed E-state index contributed by atoms with van der Waals surface area (Å²) in [6.45, 7) is 8.88. The second-order valence-electron chi connectivity index (χ2n) is 11.1. The normalized spacial score (nSPS) is 19.9. The molecule has 10 heteroatoms. The highest BCUT2D eigenvalue weighted by Crippen LogP contribution is 2.29. The molecule has 2 amide bonds. The molecule has 3 heterocycles. The van der Waals surface area contributed by atoms with Crippen molar-refractivity contribution in [1.82, 2.24) is 19.7 Å². The number of carbonyl (C=O) groups excluding carboxylic acids is 3. The molecule has 10 nitrogen and oxygen atoms in total. The summed E-state index contributed by atoms with van der Waals surface area (Å²) in [4.78, 5) is 42.6. The first-order valence-electron chi connectivity index (χ1n) is 15.2. The predicted octanol–water partition coefficient (Wildman–Crippen LogP) is 3.18. The van der Waals surface area contributed by atoms with E-state index in [0.29, 0.717) is 19.4 Å². The highest BCUT2D eigenvalue weighted by molar-refractivity contribution is 5.98. The van der Waals surface area contributed by atoms with Crippen LogP contribution in [0.2, 0.25) is 0 Å². The zero-order valence-electron chi connectivity index (χ0n) is 24.8. The summed E-state index contributed by atoms with van der Waals surface area (Å²) in [7, 11) is 0. The van der Waals surface area contributed by atoms with E-state index in [1.54, 1.807) is 13.8 Å². The molecular weight excluding hydrogens is 520 g/mol. The molecule has 2 saturated heterocycles. The van der Waals surface area contributed by atoms with Gasteiger partial charge in [-0.2, -0.15) is 0 Å². The maximum Gasteiger partial charge on any atom is 0.328 e. The van der Waals surface area contributed by atoms with Gasteiger partial charge in [0.25, 0.3) is 0 Å². The van der Waals surface area contributed by atoms with Gasteiger partial charge in [-0.05, 0) is 82.9 Å². The summed E-state index contributed by atoms with van der Waals surface area (Å²) in [5, 5.41) is 11.7. The maximum atomic E-state index is 13.8. The molecule has 0 unspecified atom stereocenters. The number of hydrogen-bond donors (Lipinski definition) is 3. The molecule has 2 aromatic rings. The van der Waals surface area contributed by atoms with E-state index in [-0.39, 0.29) is 36.3 Å². The van der Waals surface area contributed by atoms with Crippen LogP contribution in [-0.4, -0.2) is 82.4 Å². The van der Waals surface area contributed by atoms with Crippen molar-refractivity contribution >= 4 is 34.5 Å². The number of fused-ring (bicyclic) bond motifs is 1. The Balaban J connectivity index is 1.39. The molecule has 4 rings (SSSR count).